The van der Waals surface area contributed by atoms with Crippen molar-refractivity contribution in [1.29, 1.82) is 0 Å². The summed E-state index contributed by atoms with van der Waals surface area (Å²) in [6.45, 7) is 26.2. The van der Waals surface area contributed by atoms with E-state index in [9.17, 15) is 4.79 Å². The first-order chi connectivity index (χ1) is 16.2. The van der Waals surface area contributed by atoms with Crippen LogP contribution in [0, 0.1) is 40.9 Å². The maximum Gasteiger partial charge on any atom is 0.191 e. The van der Waals surface area contributed by atoms with Crippen LogP contribution in [0.3, 0.4) is 0 Å². The Morgan fingerprint density at radius 2 is 1.74 bits per heavy atom. The van der Waals surface area contributed by atoms with Crippen molar-refractivity contribution >= 4 is 14.1 Å². The van der Waals surface area contributed by atoms with Gasteiger partial charge in [0, 0.05) is 18.4 Å². The second-order valence-electron chi connectivity index (χ2n) is 14.5. The van der Waals surface area contributed by atoms with Gasteiger partial charge in [0.05, 0.1) is 0 Å². The lowest BCUT2D eigenvalue weighted by Gasteiger charge is -2.44. The summed E-state index contributed by atoms with van der Waals surface area (Å²) in [5.74, 6) is 4.03. The fourth-order valence-electron chi connectivity index (χ4n) is 6.96. The Morgan fingerprint density at radius 3 is 2.34 bits per heavy atom. The third-order valence-corrected chi connectivity index (χ3v) is 15.1. The van der Waals surface area contributed by atoms with Gasteiger partial charge < -0.3 is 4.43 Å². The van der Waals surface area contributed by atoms with Gasteiger partial charge in [0.25, 0.3) is 0 Å². The summed E-state index contributed by atoms with van der Waals surface area (Å²) in [5, 5.41) is 0.270. The summed E-state index contributed by atoms with van der Waals surface area (Å²) in [7, 11) is -1.66. The van der Waals surface area contributed by atoms with Crippen molar-refractivity contribution < 1.29 is 9.22 Å². The molecule has 2 aliphatic rings. The molecule has 0 aromatic carbocycles. The maximum atomic E-state index is 13.6. The van der Waals surface area contributed by atoms with Crippen LogP contribution in [0.1, 0.15) is 119 Å². The molecule has 1 unspecified atom stereocenters. The van der Waals surface area contributed by atoms with Crippen LogP contribution in [0.15, 0.2) is 12.7 Å². The summed E-state index contributed by atoms with van der Waals surface area (Å²) in [6.07, 6.45) is 15.3. The van der Waals surface area contributed by atoms with E-state index >= 15 is 0 Å². The number of ketones is 1. The zero-order chi connectivity index (χ0) is 26.4. The summed E-state index contributed by atoms with van der Waals surface area (Å²) in [6, 6.07) is 0. The van der Waals surface area contributed by atoms with Gasteiger partial charge in [-0.2, -0.15) is 0 Å². The van der Waals surface area contributed by atoms with Crippen LogP contribution in [0.25, 0.3) is 0 Å². The summed E-state index contributed by atoms with van der Waals surface area (Å²) in [4.78, 5) is 13.6. The minimum absolute atomic E-state index is 0.254. The minimum atomic E-state index is -1.66. The smallest absolute Gasteiger partial charge is 0.191 e. The van der Waals surface area contributed by atoms with E-state index in [4.69, 9.17) is 4.43 Å². The van der Waals surface area contributed by atoms with E-state index in [1.165, 1.54) is 32.1 Å². The lowest BCUT2D eigenvalue weighted by atomic mass is 9.59. The largest absolute Gasteiger partial charge is 0.417 e. The lowest BCUT2D eigenvalue weighted by molar-refractivity contribution is -0.135. The van der Waals surface area contributed by atoms with E-state index in [1.807, 2.05) is 0 Å². The summed E-state index contributed by atoms with van der Waals surface area (Å²) in [5.41, 5.74) is 0.254. The first kappa shape index (κ1) is 30.8. The van der Waals surface area contributed by atoms with Crippen molar-refractivity contribution in [3.8, 4) is 0 Å². The molecule has 204 valence electrons. The fourth-order valence-corrected chi connectivity index (χ4v) is 8.05. The fraction of sp³-hybridized carbons (Fsp3) is 0.906. The van der Waals surface area contributed by atoms with Gasteiger partial charge in [-0.1, -0.05) is 73.8 Å². The monoisotopic (exact) mass is 504 g/mol. The predicted molar refractivity (Wildman–Crippen MR) is 155 cm³/mol. The molecule has 0 spiro atoms. The van der Waals surface area contributed by atoms with Crippen molar-refractivity contribution in [2.45, 2.75) is 137 Å². The Kier molecular flexibility index (Phi) is 11.4. The van der Waals surface area contributed by atoms with Gasteiger partial charge in [-0.3, -0.25) is 4.79 Å². The molecule has 0 saturated heterocycles. The Morgan fingerprint density at radius 1 is 1.06 bits per heavy atom. The van der Waals surface area contributed by atoms with Crippen molar-refractivity contribution in [3.05, 3.63) is 12.7 Å². The Bertz CT molecular complexity index is 676. The molecule has 2 fully saturated rings. The van der Waals surface area contributed by atoms with Crippen molar-refractivity contribution in [2.24, 2.45) is 40.9 Å². The van der Waals surface area contributed by atoms with Gasteiger partial charge >= 0.3 is 0 Å². The number of carbonyl (C=O) groups is 1. The highest BCUT2D eigenvalue weighted by Crippen LogP contribution is 2.58. The Hall–Kier alpha value is -0.413. The average molecular weight is 505 g/mol. The quantitative estimate of drug-likeness (QED) is 0.134. The molecule has 0 aromatic heterocycles. The van der Waals surface area contributed by atoms with Gasteiger partial charge in [0.2, 0.25) is 0 Å². The molecule has 0 bridgehead atoms. The van der Waals surface area contributed by atoms with Crippen molar-refractivity contribution in [2.75, 3.05) is 6.61 Å². The van der Waals surface area contributed by atoms with E-state index in [2.05, 4.69) is 74.2 Å². The van der Waals surface area contributed by atoms with Crippen molar-refractivity contribution in [1.82, 2.24) is 0 Å². The zero-order valence-electron chi connectivity index (χ0n) is 25.1. The number of hydrogen-bond donors (Lipinski definition) is 0. The zero-order valence-corrected chi connectivity index (χ0v) is 26.1. The van der Waals surface area contributed by atoms with Gasteiger partial charge in [0.1, 0.15) is 5.78 Å². The van der Waals surface area contributed by atoms with E-state index in [-0.39, 0.29) is 16.4 Å². The molecule has 2 nitrogen and oxygen atoms in total. The van der Waals surface area contributed by atoms with Crippen LogP contribution in [0.2, 0.25) is 18.1 Å². The van der Waals surface area contributed by atoms with E-state index in [0.717, 1.165) is 62.9 Å². The molecular weight excluding hydrogens is 444 g/mol. The van der Waals surface area contributed by atoms with Crippen LogP contribution in [0.5, 0.6) is 0 Å². The molecule has 0 amide bonds. The first-order valence-electron chi connectivity index (χ1n) is 15.0. The molecule has 6 atom stereocenters. The van der Waals surface area contributed by atoms with Crippen LogP contribution in [-0.4, -0.2) is 20.7 Å². The van der Waals surface area contributed by atoms with E-state index in [0.29, 0.717) is 17.6 Å². The number of allylic oxidation sites excluding steroid dienone is 1. The Balaban J connectivity index is 1.81. The Labute approximate surface area is 220 Å². The van der Waals surface area contributed by atoms with Crippen LogP contribution in [0.4, 0.5) is 0 Å². The third-order valence-electron chi connectivity index (χ3n) is 10.5. The second kappa shape index (κ2) is 12.9. The molecule has 35 heavy (non-hydrogen) atoms. The van der Waals surface area contributed by atoms with Gasteiger partial charge in [-0.15, -0.1) is 6.58 Å². The lowest BCUT2D eigenvalue weighted by Crippen LogP contribution is -2.43. The van der Waals surface area contributed by atoms with E-state index < -0.39 is 8.32 Å². The number of fused-ring (bicyclic) bond motifs is 1. The normalized spacial score (nSPS) is 29.3. The maximum absolute atomic E-state index is 13.6. The highest BCUT2D eigenvalue weighted by atomic mass is 28.4. The predicted octanol–water partition coefficient (Wildman–Crippen LogP) is 9.84. The number of hydrogen-bond acceptors (Lipinski definition) is 2. The van der Waals surface area contributed by atoms with Gasteiger partial charge in [-0.25, -0.2) is 0 Å². The molecule has 3 heteroatoms. The molecule has 0 aromatic rings. The van der Waals surface area contributed by atoms with Crippen LogP contribution in [-0.2, 0) is 9.22 Å². The average Bonchev–Trinajstić information content (AvgIpc) is 3.11. The summed E-state index contributed by atoms with van der Waals surface area (Å²) < 4.78 is 6.37. The van der Waals surface area contributed by atoms with Crippen LogP contribution < -0.4 is 0 Å². The number of carbonyl (C=O) groups excluding carboxylic acids is 1. The standard InChI is InChI=1S/C32H60O2Si/c1-11-26(16-13-23-34-35(9,10)31(5,6)7)17-18-27-21-22-32(8)28(19-20-29(32)30(27)33)25(4)15-12-14-24(2)3/h11,24-29H,1,12-23H2,2-10H3/t25-,26?,27-,28-,29+,32-/m1/s1. The molecule has 0 heterocycles. The molecule has 2 rings (SSSR count). The molecule has 2 saturated carbocycles. The van der Waals surface area contributed by atoms with Gasteiger partial charge in [0.15, 0.2) is 8.32 Å². The van der Waals surface area contributed by atoms with Gasteiger partial charge in [-0.05, 0) is 98.6 Å². The SMILES string of the molecule is C=CC(CCCO[Si](C)(C)C(C)(C)C)CC[C@@H]1CC[C@]2(C)[C@@H]([C@H](C)CCCC(C)C)CC[C@H]2C1=O. The summed E-state index contributed by atoms with van der Waals surface area (Å²) >= 11 is 0. The topological polar surface area (TPSA) is 26.3 Å². The second-order valence-corrected chi connectivity index (χ2v) is 19.3. The first-order valence-corrected chi connectivity index (χ1v) is 17.9. The molecule has 0 N–H and O–H groups in total. The minimum Gasteiger partial charge on any atom is -0.417 e. The van der Waals surface area contributed by atoms with Crippen molar-refractivity contribution in [3.63, 3.8) is 0 Å². The number of rotatable bonds is 14. The molecule has 0 radical (unpaired) electrons. The highest BCUT2D eigenvalue weighted by Gasteiger charge is 2.54. The van der Waals surface area contributed by atoms with Crippen LogP contribution >= 0.6 is 0 Å². The highest BCUT2D eigenvalue weighted by molar-refractivity contribution is 6.74. The molecule has 0 aliphatic heterocycles. The molecular formula is C32H60O2Si. The van der Waals surface area contributed by atoms with E-state index in [1.54, 1.807) is 0 Å². The number of Topliss-reactive ketones (excluding diaryl/α,β-unsaturated/α-hetero) is 1. The third kappa shape index (κ3) is 8.03. The molecule has 2 aliphatic carbocycles.